The van der Waals surface area contributed by atoms with E-state index < -0.39 is 0 Å². The molecule has 1 aromatic rings. The van der Waals surface area contributed by atoms with Gasteiger partial charge < -0.3 is 10.2 Å². The molecule has 0 saturated carbocycles. The molecule has 0 fully saturated rings. The quantitative estimate of drug-likeness (QED) is 0.827. The zero-order chi connectivity index (χ0) is 11.4. The Morgan fingerprint density at radius 1 is 1.31 bits per heavy atom. The molecule has 0 bridgehead atoms. The highest BCUT2D eigenvalue weighted by Crippen LogP contribution is 2.14. The standard InChI is InChI=1S/C13H16N2O/c1-2-9-15-10-8-12(14-13(15)16)11-6-4-3-5-7-11/h3-8H,2,9-10H2,1H3,(H,14,16). The molecule has 1 heterocycles. The van der Waals surface area contributed by atoms with Crippen molar-refractivity contribution in [1.29, 1.82) is 0 Å². The number of nitrogens with zero attached hydrogens (tertiary/aromatic N) is 1. The fourth-order valence-corrected chi connectivity index (χ4v) is 1.80. The first-order chi connectivity index (χ1) is 7.81. The molecule has 3 nitrogen and oxygen atoms in total. The van der Waals surface area contributed by atoms with Crippen LogP contribution in [0.1, 0.15) is 18.9 Å². The van der Waals surface area contributed by atoms with Gasteiger partial charge in [0.05, 0.1) is 0 Å². The number of nitrogens with one attached hydrogen (secondary N) is 1. The summed E-state index contributed by atoms with van der Waals surface area (Å²) in [5, 5.41) is 2.92. The first kappa shape index (κ1) is 10.7. The summed E-state index contributed by atoms with van der Waals surface area (Å²) in [6.45, 7) is 3.58. The molecule has 0 atom stereocenters. The van der Waals surface area contributed by atoms with Crippen molar-refractivity contribution in [2.45, 2.75) is 13.3 Å². The van der Waals surface area contributed by atoms with E-state index in [-0.39, 0.29) is 6.03 Å². The van der Waals surface area contributed by atoms with Crippen LogP contribution in [0, 0.1) is 0 Å². The number of carbonyl (C=O) groups is 1. The summed E-state index contributed by atoms with van der Waals surface area (Å²) in [6, 6.07) is 9.92. The second-order valence-electron chi connectivity index (χ2n) is 3.86. The average molecular weight is 216 g/mol. The minimum Gasteiger partial charge on any atom is -0.321 e. The van der Waals surface area contributed by atoms with Crippen LogP contribution in [-0.2, 0) is 0 Å². The molecule has 84 valence electrons. The zero-order valence-corrected chi connectivity index (χ0v) is 9.44. The highest BCUT2D eigenvalue weighted by Gasteiger charge is 2.18. The predicted octanol–water partition coefficient (Wildman–Crippen LogP) is 2.46. The Morgan fingerprint density at radius 3 is 2.69 bits per heavy atom. The lowest BCUT2D eigenvalue weighted by Crippen LogP contribution is -2.43. The lowest BCUT2D eigenvalue weighted by molar-refractivity contribution is 0.205. The summed E-state index contributed by atoms with van der Waals surface area (Å²) in [5.41, 5.74) is 1.98. The molecule has 3 heteroatoms. The molecule has 1 aliphatic heterocycles. The first-order valence-corrected chi connectivity index (χ1v) is 5.62. The molecule has 0 spiro atoms. The van der Waals surface area contributed by atoms with Crippen molar-refractivity contribution in [1.82, 2.24) is 10.2 Å². The van der Waals surface area contributed by atoms with Gasteiger partial charge >= 0.3 is 6.03 Å². The van der Waals surface area contributed by atoms with Crippen LogP contribution in [0.2, 0.25) is 0 Å². The Balaban J connectivity index is 2.13. The van der Waals surface area contributed by atoms with E-state index in [1.165, 1.54) is 0 Å². The molecule has 16 heavy (non-hydrogen) atoms. The van der Waals surface area contributed by atoms with Crippen molar-refractivity contribution in [2.24, 2.45) is 0 Å². The Labute approximate surface area is 95.8 Å². The minimum absolute atomic E-state index is 0.00297. The van der Waals surface area contributed by atoms with Crippen molar-refractivity contribution in [2.75, 3.05) is 13.1 Å². The maximum Gasteiger partial charge on any atom is 0.322 e. The summed E-state index contributed by atoms with van der Waals surface area (Å²) < 4.78 is 0. The van der Waals surface area contributed by atoms with E-state index in [1.54, 1.807) is 0 Å². The molecule has 0 aromatic heterocycles. The number of carbonyl (C=O) groups excluding carboxylic acids is 1. The number of hydrogen-bond donors (Lipinski definition) is 1. The maximum atomic E-state index is 11.7. The predicted molar refractivity (Wildman–Crippen MR) is 64.8 cm³/mol. The van der Waals surface area contributed by atoms with Crippen LogP contribution in [0.4, 0.5) is 4.79 Å². The maximum absolute atomic E-state index is 11.7. The van der Waals surface area contributed by atoms with Crippen molar-refractivity contribution in [3.8, 4) is 0 Å². The summed E-state index contributed by atoms with van der Waals surface area (Å²) in [7, 11) is 0. The summed E-state index contributed by atoms with van der Waals surface area (Å²) in [5.74, 6) is 0. The van der Waals surface area contributed by atoms with Gasteiger partial charge in [-0.1, -0.05) is 37.3 Å². The topological polar surface area (TPSA) is 32.3 Å². The molecule has 0 radical (unpaired) electrons. The van der Waals surface area contributed by atoms with Crippen LogP contribution in [-0.4, -0.2) is 24.0 Å². The SMILES string of the molecule is CCCN1CC=C(c2ccccc2)NC1=O. The normalized spacial score (nSPS) is 15.7. The van der Waals surface area contributed by atoms with E-state index in [0.29, 0.717) is 6.54 Å². The van der Waals surface area contributed by atoms with Gasteiger partial charge in [0.1, 0.15) is 0 Å². The lowest BCUT2D eigenvalue weighted by Gasteiger charge is -2.26. The van der Waals surface area contributed by atoms with Gasteiger partial charge in [-0.05, 0) is 18.1 Å². The number of urea groups is 1. The van der Waals surface area contributed by atoms with E-state index in [2.05, 4.69) is 18.3 Å². The fraction of sp³-hybridized carbons (Fsp3) is 0.308. The van der Waals surface area contributed by atoms with Gasteiger partial charge in [0.15, 0.2) is 0 Å². The number of rotatable bonds is 3. The van der Waals surface area contributed by atoms with Gasteiger partial charge in [-0.2, -0.15) is 0 Å². The van der Waals surface area contributed by atoms with Gasteiger partial charge in [0.2, 0.25) is 0 Å². The van der Waals surface area contributed by atoms with Crippen molar-refractivity contribution >= 4 is 11.7 Å². The van der Waals surface area contributed by atoms with Gasteiger partial charge in [-0.3, -0.25) is 0 Å². The molecular formula is C13H16N2O. The van der Waals surface area contributed by atoms with Crippen molar-refractivity contribution in [3.63, 3.8) is 0 Å². The van der Waals surface area contributed by atoms with Crippen molar-refractivity contribution < 1.29 is 4.79 Å². The zero-order valence-electron chi connectivity index (χ0n) is 9.44. The highest BCUT2D eigenvalue weighted by atomic mass is 16.2. The Morgan fingerprint density at radius 2 is 2.06 bits per heavy atom. The van der Waals surface area contributed by atoms with Gasteiger partial charge in [0, 0.05) is 18.8 Å². The van der Waals surface area contributed by atoms with E-state index >= 15 is 0 Å². The van der Waals surface area contributed by atoms with Crippen LogP contribution in [0.15, 0.2) is 36.4 Å². The van der Waals surface area contributed by atoms with E-state index in [1.807, 2.05) is 35.2 Å². The number of amides is 2. The van der Waals surface area contributed by atoms with Crippen LogP contribution >= 0.6 is 0 Å². The molecule has 1 aliphatic rings. The Hall–Kier alpha value is -1.77. The average Bonchev–Trinajstić information content (AvgIpc) is 2.33. The Bertz CT molecular complexity index is 398. The molecule has 2 amide bonds. The smallest absolute Gasteiger partial charge is 0.321 e. The fourth-order valence-electron chi connectivity index (χ4n) is 1.80. The van der Waals surface area contributed by atoms with Crippen LogP contribution in [0.5, 0.6) is 0 Å². The van der Waals surface area contributed by atoms with Crippen molar-refractivity contribution in [3.05, 3.63) is 42.0 Å². The monoisotopic (exact) mass is 216 g/mol. The van der Waals surface area contributed by atoms with Crippen LogP contribution < -0.4 is 5.32 Å². The van der Waals surface area contributed by atoms with Gasteiger partial charge in [-0.15, -0.1) is 0 Å². The van der Waals surface area contributed by atoms with E-state index in [4.69, 9.17) is 0 Å². The number of hydrogen-bond acceptors (Lipinski definition) is 1. The summed E-state index contributed by atoms with van der Waals surface area (Å²) >= 11 is 0. The second kappa shape index (κ2) is 4.84. The largest absolute Gasteiger partial charge is 0.322 e. The van der Waals surface area contributed by atoms with Crippen LogP contribution in [0.25, 0.3) is 5.70 Å². The van der Waals surface area contributed by atoms with Crippen LogP contribution in [0.3, 0.4) is 0 Å². The summed E-state index contributed by atoms with van der Waals surface area (Å²) in [6.07, 6.45) is 3.05. The first-order valence-electron chi connectivity index (χ1n) is 5.62. The molecule has 0 aliphatic carbocycles. The van der Waals surface area contributed by atoms with Gasteiger partial charge in [-0.25, -0.2) is 4.79 Å². The molecule has 1 aromatic carbocycles. The minimum atomic E-state index is 0.00297. The van der Waals surface area contributed by atoms with E-state index in [0.717, 1.165) is 24.2 Å². The third kappa shape index (κ3) is 2.24. The van der Waals surface area contributed by atoms with E-state index in [9.17, 15) is 4.79 Å². The summed E-state index contributed by atoms with van der Waals surface area (Å²) in [4.78, 5) is 13.6. The molecule has 1 N–H and O–H groups in total. The highest BCUT2D eigenvalue weighted by molar-refractivity contribution is 5.87. The lowest BCUT2D eigenvalue weighted by atomic mass is 10.1. The molecular weight excluding hydrogens is 200 g/mol. The third-order valence-corrected chi connectivity index (χ3v) is 2.62. The molecule has 0 unspecified atom stereocenters. The third-order valence-electron chi connectivity index (χ3n) is 2.62. The van der Waals surface area contributed by atoms with Gasteiger partial charge in [0.25, 0.3) is 0 Å². The molecule has 0 saturated heterocycles. The Kier molecular flexibility index (Phi) is 3.25. The molecule has 2 rings (SSSR count). The second-order valence-corrected chi connectivity index (χ2v) is 3.86. The number of benzene rings is 1.